The van der Waals surface area contributed by atoms with Gasteiger partial charge in [0.2, 0.25) is 5.91 Å². The second-order valence-corrected chi connectivity index (χ2v) is 5.57. The lowest BCUT2D eigenvalue weighted by Crippen LogP contribution is -2.34. The molecule has 7 nitrogen and oxygen atoms in total. The molecule has 0 radical (unpaired) electrons. The number of carbonyl (C=O) groups excluding carboxylic acids is 1. The number of benzene rings is 1. The van der Waals surface area contributed by atoms with Crippen molar-refractivity contribution in [1.82, 2.24) is 9.88 Å². The summed E-state index contributed by atoms with van der Waals surface area (Å²) in [6.45, 7) is 2.01. The summed E-state index contributed by atoms with van der Waals surface area (Å²) in [5, 5.41) is 12.1. The molecule has 1 heterocycles. The molecule has 0 spiro atoms. The molecule has 134 valence electrons. The number of carbonyl (C=O) groups is 1. The number of aromatic hydroxyl groups is 1. The number of nitrogens with one attached hydrogen (secondary N) is 1. The second-order valence-electron chi connectivity index (χ2n) is 5.57. The molecule has 1 amide bonds. The minimum Gasteiger partial charge on any atom is -0.508 e. The van der Waals surface area contributed by atoms with E-state index in [4.69, 9.17) is 9.47 Å². The fourth-order valence-corrected chi connectivity index (χ4v) is 2.50. The van der Waals surface area contributed by atoms with Crippen molar-refractivity contribution in [3.8, 4) is 17.2 Å². The van der Waals surface area contributed by atoms with Gasteiger partial charge in [0.1, 0.15) is 12.3 Å². The Morgan fingerprint density at radius 3 is 2.52 bits per heavy atom. The van der Waals surface area contributed by atoms with Gasteiger partial charge in [-0.25, -0.2) is 0 Å². The second kappa shape index (κ2) is 8.23. The molecule has 0 saturated heterocycles. The molecule has 2 N–H and O–H groups in total. The third-order valence-corrected chi connectivity index (χ3v) is 3.81. The predicted octanol–water partition coefficient (Wildman–Crippen LogP) is 1.24. The van der Waals surface area contributed by atoms with Crippen LogP contribution < -0.4 is 20.3 Å². The molecule has 2 rings (SSSR count). The highest BCUT2D eigenvalue weighted by Gasteiger charge is 2.09. The van der Waals surface area contributed by atoms with Crippen LogP contribution in [0.15, 0.2) is 35.1 Å². The van der Waals surface area contributed by atoms with Crippen LogP contribution in [0.2, 0.25) is 0 Å². The zero-order chi connectivity index (χ0) is 18.4. The number of hydrogen-bond donors (Lipinski definition) is 2. The molecule has 0 fully saturated rings. The van der Waals surface area contributed by atoms with Crippen LogP contribution in [0.4, 0.5) is 0 Å². The SMILES string of the molecule is COc1ccc(CCNC(=O)Cn2c(C)cc(O)cc2=O)cc1OC. The Balaban J connectivity index is 1.92. The minimum atomic E-state index is -0.410. The molecule has 0 aliphatic rings. The van der Waals surface area contributed by atoms with Gasteiger partial charge in [-0.1, -0.05) is 6.07 Å². The van der Waals surface area contributed by atoms with Crippen molar-refractivity contribution in [2.24, 2.45) is 0 Å². The van der Waals surface area contributed by atoms with Crippen LogP contribution >= 0.6 is 0 Å². The van der Waals surface area contributed by atoms with Gasteiger partial charge in [-0.2, -0.15) is 0 Å². The minimum absolute atomic E-state index is 0.0864. The summed E-state index contributed by atoms with van der Waals surface area (Å²) in [4.78, 5) is 23.9. The van der Waals surface area contributed by atoms with Crippen LogP contribution in [0.5, 0.6) is 17.2 Å². The lowest BCUT2D eigenvalue weighted by Gasteiger charge is -2.12. The largest absolute Gasteiger partial charge is 0.508 e. The van der Waals surface area contributed by atoms with E-state index in [0.717, 1.165) is 11.6 Å². The van der Waals surface area contributed by atoms with E-state index in [9.17, 15) is 14.7 Å². The maximum atomic E-state index is 12.0. The van der Waals surface area contributed by atoms with Gasteiger partial charge in [0.05, 0.1) is 14.2 Å². The van der Waals surface area contributed by atoms with Crippen molar-refractivity contribution < 1.29 is 19.4 Å². The molecule has 0 bridgehead atoms. The summed E-state index contributed by atoms with van der Waals surface area (Å²) in [6, 6.07) is 8.11. The normalized spacial score (nSPS) is 10.4. The van der Waals surface area contributed by atoms with Crippen molar-refractivity contribution in [2.45, 2.75) is 19.9 Å². The highest BCUT2D eigenvalue weighted by Crippen LogP contribution is 2.27. The van der Waals surface area contributed by atoms with E-state index >= 15 is 0 Å². The summed E-state index contributed by atoms with van der Waals surface area (Å²) in [5.74, 6) is 0.916. The Hall–Kier alpha value is -2.96. The molecule has 0 atom stereocenters. The van der Waals surface area contributed by atoms with Gasteiger partial charge in [-0.05, 0) is 37.1 Å². The number of methoxy groups -OCH3 is 2. The van der Waals surface area contributed by atoms with Gasteiger partial charge >= 0.3 is 0 Å². The number of ether oxygens (including phenoxy) is 2. The number of aromatic nitrogens is 1. The van der Waals surface area contributed by atoms with Crippen LogP contribution in [0.1, 0.15) is 11.3 Å². The van der Waals surface area contributed by atoms with Crippen LogP contribution in [0.3, 0.4) is 0 Å². The van der Waals surface area contributed by atoms with E-state index in [1.807, 2.05) is 18.2 Å². The molecule has 0 aliphatic heterocycles. The lowest BCUT2D eigenvalue weighted by atomic mass is 10.1. The number of rotatable bonds is 7. The smallest absolute Gasteiger partial charge is 0.254 e. The molecule has 25 heavy (non-hydrogen) atoms. The van der Waals surface area contributed by atoms with E-state index in [1.54, 1.807) is 21.1 Å². The van der Waals surface area contributed by atoms with E-state index in [2.05, 4.69) is 5.32 Å². The number of aryl methyl sites for hydroxylation is 1. The van der Waals surface area contributed by atoms with E-state index in [1.165, 1.54) is 10.6 Å². The van der Waals surface area contributed by atoms with E-state index in [-0.39, 0.29) is 18.2 Å². The summed E-state index contributed by atoms with van der Waals surface area (Å²) >= 11 is 0. The Bertz CT molecular complexity index is 814. The average Bonchev–Trinajstić information content (AvgIpc) is 2.58. The Morgan fingerprint density at radius 2 is 1.88 bits per heavy atom. The zero-order valence-electron chi connectivity index (χ0n) is 14.5. The van der Waals surface area contributed by atoms with Crippen molar-refractivity contribution in [3.05, 3.63) is 51.9 Å². The topological polar surface area (TPSA) is 89.8 Å². The van der Waals surface area contributed by atoms with Crippen LogP contribution in [-0.2, 0) is 17.8 Å². The number of amides is 1. The first-order chi connectivity index (χ1) is 11.9. The molecular formula is C18H22N2O5. The molecule has 0 aliphatic carbocycles. The molecule has 7 heteroatoms. The van der Waals surface area contributed by atoms with Gasteiger partial charge in [-0.15, -0.1) is 0 Å². The summed E-state index contributed by atoms with van der Waals surface area (Å²) in [6.07, 6.45) is 0.621. The predicted molar refractivity (Wildman–Crippen MR) is 93.4 cm³/mol. The maximum Gasteiger partial charge on any atom is 0.254 e. The number of pyridine rings is 1. The Labute approximate surface area is 145 Å². The lowest BCUT2D eigenvalue weighted by molar-refractivity contribution is -0.121. The average molecular weight is 346 g/mol. The monoisotopic (exact) mass is 346 g/mol. The van der Waals surface area contributed by atoms with Gasteiger partial charge in [0, 0.05) is 18.3 Å². The number of hydrogen-bond acceptors (Lipinski definition) is 5. The standard InChI is InChI=1S/C18H22N2O5/c1-12-8-14(21)10-18(23)20(12)11-17(22)19-7-6-13-4-5-15(24-2)16(9-13)25-3/h4-5,8-10,21H,6-7,11H2,1-3H3,(H,19,22). The number of nitrogens with zero attached hydrogens (tertiary/aromatic N) is 1. The molecule has 1 aromatic heterocycles. The molecular weight excluding hydrogens is 324 g/mol. The zero-order valence-corrected chi connectivity index (χ0v) is 14.5. The summed E-state index contributed by atoms with van der Waals surface area (Å²) < 4.78 is 11.7. The van der Waals surface area contributed by atoms with Gasteiger partial charge in [0.15, 0.2) is 11.5 Å². The van der Waals surface area contributed by atoms with Crippen LogP contribution in [0, 0.1) is 6.92 Å². The van der Waals surface area contributed by atoms with Crippen LogP contribution in [0.25, 0.3) is 0 Å². The third kappa shape index (κ3) is 4.76. The first kappa shape index (κ1) is 18.4. The molecule has 0 unspecified atom stereocenters. The first-order valence-corrected chi connectivity index (χ1v) is 7.82. The molecule has 2 aromatic rings. The maximum absolute atomic E-state index is 12.0. The van der Waals surface area contributed by atoms with Crippen molar-refractivity contribution >= 4 is 5.91 Å². The van der Waals surface area contributed by atoms with Crippen molar-refractivity contribution in [2.75, 3.05) is 20.8 Å². The first-order valence-electron chi connectivity index (χ1n) is 7.82. The summed E-state index contributed by atoms with van der Waals surface area (Å²) in [7, 11) is 3.14. The Kier molecular flexibility index (Phi) is 6.05. The summed E-state index contributed by atoms with van der Waals surface area (Å²) in [5.41, 5.74) is 1.11. The van der Waals surface area contributed by atoms with Gasteiger partial charge in [-0.3, -0.25) is 9.59 Å². The fraction of sp³-hybridized carbons (Fsp3) is 0.333. The van der Waals surface area contributed by atoms with E-state index in [0.29, 0.717) is 30.2 Å². The highest BCUT2D eigenvalue weighted by molar-refractivity contribution is 5.75. The van der Waals surface area contributed by atoms with Crippen LogP contribution in [-0.4, -0.2) is 36.3 Å². The highest BCUT2D eigenvalue weighted by atomic mass is 16.5. The molecule has 1 aromatic carbocycles. The molecule has 0 saturated carbocycles. The van der Waals surface area contributed by atoms with Gasteiger partial charge in [0.25, 0.3) is 5.56 Å². The fourth-order valence-electron chi connectivity index (χ4n) is 2.50. The third-order valence-electron chi connectivity index (χ3n) is 3.81. The van der Waals surface area contributed by atoms with E-state index < -0.39 is 5.56 Å². The van der Waals surface area contributed by atoms with Crippen molar-refractivity contribution in [3.63, 3.8) is 0 Å². The quantitative estimate of drug-likeness (QED) is 0.787. The van der Waals surface area contributed by atoms with Gasteiger partial charge < -0.3 is 24.5 Å². The van der Waals surface area contributed by atoms with Crippen molar-refractivity contribution in [1.29, 1.82) is 0 Å². The Morgan fingerprint density at radius 1 is 1.16 bits per heavy atom.